The molecule has 0 radical (unpaired) electrons. The van der Waals surface area contributed by atoms with Crippen molar-refractivity contribution in [1.29, 1.82) is 0 Å². The smallest absolute Gasteiger partial charge is 0.339 e. The number of anilines is 1. The molecule has 3 aromatic carbocycles. The number of nitrogens with one attached hydrogen (secondary N) is 1. The molecule has 2 heterocycles. The fourth-order valence-electron chi connectivity index (χ4n) is 5.08. The van der Waals surface area contributed by atoms with Gasteiger partial charge < -0.3 is 9.47 Å². The number of hydrogen-bond donors (Lipinski definition) is 1. The first kappa shape index (κ1) is 24.1. The van der Waals surface area contributed by atoms with Crippen LogP contribution in [0.15, 0.2) is 72.8 Å². The fraction of sp³-hybridized carbons (Fsp3) is 0.200. The third-order valence-corrected chi connectivity index (χ3v) is 7.84. The van der Waals surface area contributed by atoms with Gasteiger partial charge >= 0.3 is 5.97 Å². The van der Waals surface area contributed by atoms with Gasteiger partial charge in [0.1, 0.15) is 5.75 Å². The average molecular weight is 524 g/mol. The highest BCUT2D eigenvalue weighted by atomic mass is 32.1. The van der Waals surface area contributed by atoms with Crippen LogP contribution in [0.25, 0.3) is 21.1 Å². The predicted molar refractivity (Wildman–Crippen MR) is 148 cm³/mol. The Morgan fingerprint density at radius 3 is 2.66 bits per heavy atom. The summed E-state index contributed by atoms with van der Waals surface area (Å²) in [5.74, 6) is 0.0473. The molecular weight excluding hydrogens is 498 g/mol. The van der Waals surface area contributed by atoms with Gasteiger partial charge in [-0.15, -0.1) is 0 Å². The van der Waals surface area contributed by atoms with Gasteiger partial charge in [-0.3, -0.25) is 15.1 Å². The molecule has 0 spiro atoms. The molecule has 1 atom stereocenters. The molecule has 38 heavy (non-hydrogen) atoms. The SMILES string of the molecule is COc1ccc2nc(NC(=O)COC(=O)c3c4c(nc5ccccc35)CCC(c3ccccc3)C4)sc2c1. The summed E-state index contributed by atoms with van der Waals surface area (Å²) in [6, 6.07) is 23.5. The van der Waals surface area contributed by atoms with Crippen LogP contribution in [-0.2, 0) is 22.4 Å². The minimum atomic E-state index is -0.516. The largest absolute Gasteiger partial charge is 0.497 e. The lowest BCUT2D eigenvalue weighted by Gasteiger charge is -2.26. The second-order valence-corrected chi connectivity index (χ2v) is 10.3. The molecule has 0 bridgehead atoms. The molecule has 0 saturated carbocycles. The second kappa shape index (κ2) is 10.2. The predicted octanol–water partition coefficient (Wildman–Crippen LogP) is 5.92. The molecule has 2 aromatic heterocycles. The van der Waals surface area contributed by atoms with E-state index in [1.54, 1.807) is 7.11 Å². The Labute approximate surface area is 223 Å². The molecule has 8 heteroatoms. The zero-order valence-corrected chi connectivity index (χ0v) is 21.6. The molecule has 0 saturated heterocycles. The number of carbonyl (C=O) groups is 2. The number of esters is 1. The highest BCUT2D eigenvalue weighted by molar-refractivity contribution is 7.22. The minimum Gasteiger partial charge on any atom is -0.497 e. The normalized spacial score (nSPS) is 14.7. The molecule has 6 rings (SSSR count). The molecule has 1 unspecified atom stereocenters. The summed E-state index contributed by atoms with van der Waals surface area (Å²) in [5.41, 5.74) is 5.10. The van der Waals surface area contributed by atoms with Crippen LogP contribution in [0.1, 0.15) is 39.5 Å². The Morgan fingerprint density at radius 2 is 1.82 bits per heavy atom. The highest BCUT2D eigenvalue weighted by Gasteiger charge is 2.28. The Balaban J connectivity index is 1.23. The lowest BCUT2D eigenvalue weighted by atomic mass is 9.80. The lowest BCUT2D eigenvalue weighted by Crippen LogP contribution is -2.23. The number of para-hydroxylation sites is 1. The van der Waals surface area contributed by atoms with Crippen LogP contribution in [0, 0.1) is 0 Å². The van der Waals surface area contributed by atoms with Gasteiger partial charge in [0.25, 0.3) is 5.91 Å². The van der Waals surface area contributed by atoms with Crippen molar-refractivity contribution in [2.75, 3.05) is 19.0 Å². The van der Waals surface area contributed by atoms with Crippen molar-refractivity contribution in [3.05, 3.63) is 95.2 Å². The molecular formula is C30H25N3O4S. The number of nitrogens with zero attached hydrogens (tertiary/aromatic N) is 2. The third kappa shape index (κ3) is 4.70. The van der Waals surface area contributed by atoms with Gasteiger partial charge in [0.2, 0.25) is 0 Å². The van der Waals surface area contributed by atoms with Crippen LogP contribution in [0.2, 0.25) is 0 Å². The summed E-state index contributed by atoms with van der Waals surface area (Å²) in [7, 11) is 1.60. The van der Waals surface area contributed by atoms with Crippen LogP contribution in [0.3, 0.4) is 0 Å². The number of amides is 1. The summed E-state index contributed by atoms with van der Waals surface area (Å²) in [6.07, 6.45) is 2.44. The maximum Gasteiger partial charge on any atom is 0.339 e. The number of pyridine rings is 1. The molecule has 0 fully saturated rings. The van der Waals surface area contributed by atoms with Gasteiger partial charge in [0.15, 0.2) is 11.7 Å². The second-order valence-electron chi connectivity index (χ2n) is 9.26. The van der Waals surface area contributed by atoms with E-state index in [2.05, 4.69) is 22.4 Å². The highest BCUT2D eigenvalue weighted by Crippen LogP contribution is 2.36. The van der Waals surface area contributed by atoms with Crippen molar-refractivity contribution < 1.29 is 19.1 Å². The van der Waals surface area contributed by atoms with E-state index < -0.39 is 18.5 Å². The Bertz CT molecular complexity index is 1670. The number of benzene rings is 3. The maximum absolute atomic E-state index is 13.5. The van der Waals surface area contributed by atoms with Gasteiger partial charge in [-0.1, -0.05) is 59.9 Å². The Hall–Kier alpha value is -4.30. The van der Waals surface area contributed by atoms with Gasteiger partial charge in [-0.05, 0) is 60.6 Å². The molecule has 1 amide bonds. The zero-order valence-electron chi connectivity index (χ0n) is 20.8. The van der Waals surface area contributed by atoms with Crippen LogP contribution >= 0.6 is 11.3 Å². The van der Waals surface area contributed by atoms with Crippen molar-refractivity contribution in [3.8, 4) is 5.75 Å². The van der Waals surface area contributed by atoms with Crippen molar-refractivity contribution in [3.63, 3.8) is 0 Å². The number of carbonyl (C=O) groups excluding carboxylic acids is 2. The molecule has 5 aromatic rings. The van der Waals surface area contributed by atoms with E-state index in [1.165, 1.54) is 16.9 Å². The van der Waals surface area contributed by atoms with Crippen molar-refractivity contribution in [2.45, 2.75) is 25.2 Å². The monoisotopic (exact) mass is 523 g/mol. The first-order valence-electron chi connectivity index (χ1n) is 12.5. The number of hydrogen-bond acceptors (Lipinski definition) is 7. The van der Waals surface area contributed by atoms with E-state index in [-0.39, 0.29) is 0 Å². The molecule has 1 N–H and O–H groups in total. The molecule has 190 valence electrons. The van der Waals surface area contributed by atoms with Crippen LogP contribution in [-0.4, -0.2) is 35.6 Å². The number of thiazole rings is 1. The lowest BCUT2D eigenvalue weighted by molar-refractivity contribution is -0.119. The van der Waals surface area contributed by atoms with Gasteiger partial charge in [0.05, 0.1) is 28.4 Å². The topological polar surface area (TPSA) is 90.4 Å². The maximum atomic E-state index is 13.5. The summed E-state index contributed by atoms with van der Waals surface area (Å²) < 4.78 is 11.7. The summed E-state index contributed by atoms with van der Waals surface area (Å²) >= 11 is 1.33. The number of aryl methyl sites for hydroxylation is 1. The van der Waals surface area contributed by atoms with Gasteiger partial charge in [-0.2, -0.15) is 0 Å². The van der Waals surface area contributed by atoms with Crippen molar-refractivity contribution in [1.82, 2.24) is 9.97 Å². The number of aromatic nitrogens is 2. The van der Waals surface area contributed by atoms with E-state index in [1.807, 2.05) is 60.7 Å². The standard InChI is InChI=1S/C30H25N3O4S/c1-36-20-12-14-25-26(16-20)38-30(32-25)33-27(34)17-37-29(35)28-21-9-5-6-10-23(21)31-24-13-11-19(15-22(24)28)18-7-3-2-4-8-18/h2-10,12,14,16,19H,11,13,15,17H2,1H3,(H,32,33,34). The quantitative estimate of drug-likeness (QED) is 0.278. The fourth-order valence-corrected chi connectivity index (χ4v) is 5.99. The van der Waals surface area contributed by atoms with E-state index in [0.717, 1.165) is 51.0 Å². The van der Waals surface area contributed by atoms with Gasteiger partial charge in [0, 0.05) is 11.1 Å². The van der Waals surface area contributed by atoms with Crippen LogP contribution in [0.5, 0.6) is 5.75 Å². The summed E-state index contributed by atoms with van der Waals surface area (Å²) in [4.78, 5) is 35.5. The Kier molecular flexibility index (Phi) is 6.47. The number of fused-ring (bicyclic) bond motifs is 3. The first-order chi connectivity index (χ1) is 18.6. The molecule has 7 nitrogen and oxygen atoms in total. The van der Waals surface area contributed by atoms with Crippen LogP contribution in [0.4, 0.5) is 5.13 Å². The molecule has 0 aliphatic heterocycles. The third-order valence-electron chi connectivity index (χ3n) is 6.91. The minimum absolute atomic E-state index is 0.291. The zero-order chi connectivity index (χ0) is 26.1. The number of methoxy groups -OCH3 is 1. The summed E-state index contributed by atoms with van der Waals surface area (Å²) in [6.45, 7) is -0.411. The van der Waals surface area contributed by atoms with Gasteiger partial charge in [-0.25, -0.2) is 9.78 Å². The Morgan fingerprint density at radius 1 is 1.00 bits per heavy atom. The van der Waals surface area contributed by atoms with E-state index >= 15 is 0 Å². The van der Waals surface area contributed by atoms with E-state index in [4.69, 9.17) is 14.5 Å². The van der Waals surface area contributed by atoms with E-state index in [9.17, 15) is 9.59 Å². The summed E-state index contributed by atoms with van der Waals surface area (Å²) in [5, 5.41) is 3.92. The number of ether oxygens (including phenoxy) is 2. The van der Waals surface area contributed by atoms with Crippen LogP contribution < -0.4 is 10.1 Å². The van der Waals surface area contributed by atoms with Crippen molar-refractivity contribution >= 4 is 49.5 Å². The number of rotatable bonds is 6. The average Bonchev–Trinajstić information content (AvgIpc) is 3.36. The molecule has 1 aliphatic rings. The first-order valence-corrected chi connectivity index (χ1v) is 13.3. The van der Waals surface area contributed by atoms with Crippen molar-refractivity contribution in [2.24, 2.45) is 0 Å². The molecule has 1 aliphatic carbocycles. The van der Waals surface area contributed by atoms with E-state index in [0.29, 0.717) is 23.0 Å².